The fourth-order valence-corrected chi connectivity index (χ4v) is 1.88. The molecule has 70 valence electrons. The number of para-hydroxylation sites is 1. The van der Waals surface area contributed by atoms with E-state index in [0.717, 1.165) is 13.1 Å². The minimum absolute atomic E-state index is 0.473. The third-order valence-corrected chi connectivity index (χ3v) is 2.71. The van der Waals surface area contributed by atoms with Crippen molar-refractivity contribution in [3.8, 4) is 0 Å². The predicted octanol–water partition coefficient (Wildman–Crippen LogP) is 1.79. The van der Waals surface area contributed by atoms with Crippen molar-refractivity contribution in [2.75, 3.05) is 25.0 Å². The molecule has 1 aromatic carbocycles. The minimum atomic E-state index is 0.473. The van der Waals surface area contributed by atoms with Crippen molar-refractivity contribution in [3.63, 3.8) is 0 Å². The topological polar surface area (TPSA) is 15.3 Å². The van der Waals surface area contributed by atoms with Gasteiger partial charge in [0.1, 0.15) is 0 Å². The lowest BCUT2D eigenvalue weighted by molar-refractivity contribution is 0.596. The maximum absolute atomic E-state index is 3.49. The molecule has 0 saturated carbocycles. The Hall–Kier alpha value is -1.02. The number of nitrogens with zero attached hydrogens (tertiary/aromatic N) is 1. The Bertz CT molecular complexity index is 267. The minimum Gasteiger partial charge on any atom is -0.373 e. The molecule has 1 N–H and O–H groups in total. The molecule has 1 heterocycles. The fraction of sp³-hybridized carbons (Fsp3) is 0.455. The summed E-state index contributed by atoms with van der Waals surface area (Å²) >= 11 is 0. The fourth-order valence-electron chi connectivity index (χ4n) is 1.88. The predicted molar refractivity (Wildman–Crippen MR) is 56.1 cm³/mol. The molecular formula is C11H16N2. The van der Waals surface area contributed by atoms with Gasteiger partial charge in [-0.1, -0.05) is 18.2 Å². The van der Waals surface area contributed by atoms with Crippen molar-refractivity contribution in [1.82, 2.24) is 5.32 Å². The summed E-state index contributed by atoms with van der Waals surface area (Å²) in [5, 5.41) is 3.49. The van der Waals surface area contributed by atoms with E-state index >= 15 is 0 Å². The lowest BCUT2D eigenvalue weighted by Crippen LogP contribution is -2.25. The van der Waals surface area contributed by atoms with Crippen molar-refractivity contribution in [3.05, 3.63) is 29.8 Å². The van der Waals surface area contributed by atoms with Crippen LogP contribution in [0.2, 0.25) is 0 Å². The molecule has 0 aromatic heterocycles. The van der Waals surface area contributed by atoms with Gasteiger partial charge < -0.3 is 10.2 Å². The third kappa shape index (κ3) is 1.54. The molecule has 2 heteroatoms. The standard InChI is InChI=1S/C11H16N2/c1-9-10-5-3-4-6-11(10)13(2)8-7-12-9/h3-6,9,12H,7-8H2,1-2H3. The number of hydrogen-bond donors (Lipinski definition) is 1. The summed E-state index contributed by atoms with van der Waals surface area (Å²) in [6, 6.07) is 9.08. The summed E-state index contributed by atoms with van der Waals surface area (Å²) in [6.45, 7) is 4.37. The lowest BCUT2D eigenvalue weighted by atomic mass is 10.1. The zero-order chi connectivity index (χ0) is 9.26. The van der Waals surface area contributed by atoms with Crippen LogP contribution in [-0.2, 0) is 0 Å². The van der Waals surface area contributed by atoms with Crippen LogP contribution in [-0.4, -0.2) is 20.1 Å². The van der Waals surface area contributed by atoms with Crippen molar-refractivity contribution in [2.45, 2.75) is 13.0 Å². The van der Waals surface area contributed by atoms with E-state index < -0.39 is 0 Å². The molecule has 1 aliphatic rings. The first kappa shape index (κ1) is 8.57. The number of fused-ring (bicyclic) bond motifs is 1. The lowest BCUT2D eigenvalue weighted by Gasteiger charge is -2.19. The van der Waals surface area contributed by atoms with Gasteiger partial charge in [0.2, 0.25) is 0 Å². The molecule has 0 bridgehead atoms. The zero-order valence-electron chi connectivity index (χ0n) is 8.25. The van der Waals surface area contributed by atoms with Crippen LogP contribution in [0.25, 0.3) is 0 Å². The van der Waals surface area contributed by atoms with Gasteiger partial charge in [-0.05, 0) is 18.6 Å². The van der Waals surface area contributed by atoms with E-state index in [1.807, 2.05) is 0 Å². The first-order valence-corrected chi connectivity index (χ1v) is 4.82. The van der Waals surface area contributed by atoms with Crippen LogP contribution < -0.4 is 10.2 Å². The van der Waals surface area contributed by atoms with Gasteiger partial charge in [-0.3, -0.25) is 0 Å². The first-order valence-electron chi connectivity index (χ1n) is 4.82. The van der Waals surface area contributed by atoms with E-state index in [-0.39, 0.29) is 0 Å². The summed E-state index contributed by atoms with van der Waals surface area (Å²) in [6.07, 6.45) is 0. The van der Waals surface area contributed by atoms with E-state index in [9.17, 15) is 0 Å². The van der Waals surface area contributed by atoms with Crippen molar-refractivity contribution in [2.24, 2.45) is 0 Å². The molecule has 1 atom stereocenters. The molecule has 0 fully saturated rings. The molecule has 0 aliphatic carbocycles. The van der Waals surface area contributed by atoms with Crippen LogP contribution in [0.3, 0.4) is 0 Å². The zero-order valence-corrected chi connectivity index (χ0v) is 8.25. The van der Waals surface area contributed by atoms with E-state index in [1.165, 1.54) is 11.3 Å². The molecule has 0 spiro atoms. The molecule has 0 radical (unpaired) electrons. The average Bonchev–Trinajstić information content (AvgIpc) is 2.29. The Labute approximate surface area is 79.6 Å². The van der Waals surface area contributed by atoms with Crippen LogP contribution in [0.4, 0.5) is 5.69 Å². The van der Waals surface area contributed by atoms with Gasteiger partial charge in [-0.15, -0.1) is 0 Å². The summed E-state index contributed by atoms with van der Waals surface area (Å²) in [5.74, 6) is 0. The Morgan fingerprint density at radius 2 is 2.15 bits per heavy atom. The number of benzene rings is 1. The second-order valence-corrected chi connectivity index (χ2v) is 3.66. The SMILES string of the molecule is CC1NCCN(C)c2ccccc21. The largest absolute Gasteiger partial charge is 0.373 e. The maximum atomic E-state index is 3.49. The van der Waals surface area contributed by atoms with E-state index in [0.29, 0.717) is 6.04 Å². The smallest absolute Gasteiger partial charge is 0.0412 e. The summed E-state index contributed by atoms with van der Waals surface area (Å²) in [4.78, 5) is 2.31. The van der Waals surface area contributed by atoms with Gasteiger partial charge in [0.05, 0.1) is 0 Å². The van der Waals surface area contributed by atoms with Gasteiger partial charge in [0, 0.05) is 31.9 Å². The number of likely N-dealkylation sites (N-methyl/N-ethyl adjacent to an activating group) is 1. The molecule has 13 heavy (non-hydrogen) atoms. The second-order valence-electron chi connectivity index (χ2n) is 3.66. The molecule has 1 unspecified atom stereocenters. The summed E-state index contributed by atoms with van der Waals surface area (Å²) in [7, 11) is 2.15. The normalized spacial score (nSPS) is 22.3. The monoisotopic (exact) mass is 176 g/mol. The molecule has 0 amide bonds. The second kappa shape index (κ2) is 3.38. The van der Waals surface area contributed by atoms with Crippen molar-refractivity contribution >= 4 is 5.69 Å². The Balaban J connectivity index is 2.45. The van der Waals surface area contributed by atoms with Gasteiger partial charge in [0.25, 0.3) is 0 Å². The highest BCUT2D eigenvalue weighted by atomic mass is 15.1. The number of nitrogens with one attached hydrogen (secondary N) is 1. The van der Waals surface area contributed by atoms with Gasteiger partial charge >= 0.3 is 0 Å². The van der Waals surface area contributed by atoms with Crippen molar-refractivity contribution in [1.29, 1.82) is 0 Å². The van der Waals surface area contributed by atoms with E-state index in [2.05, 4.69) is 48.5 Å². The molecule has 1 aliphatic heterocycles. The Kier molecular flexibility index (Phi) is 2.23. The van der Waals surface area contributed by atoms with Crippen LogP contribution in [0, 0.1) is 0 Å². The summed E-state index contributed by atoms with van der Waals surface area (Å²) in [5.41, 5.74) is 2.77. The molecule has 2 nitrogen and oxygen atoms in total. The highest BCUT2D eigenvalue weighted by Gasteiger charge is 2.15. The van der Waals surface area contributed by atoms with E-state index in [1.54, 1.807) is 0 Å². The molecular weight excluding hydrogens is 160 g/mol. The average molecular weight is 176 g/mol. The summed E-state index contributed by atoms with van der Waals surface area (Å²) < 4.78 is 0. The highest BCUT2D eigenvalue weighted by molar-refractivity contribution is 5.55. The van der Waals surface area contributed by atoms with Crippen LogP contribution >= 0.6 is 0 Å². The highest BCUT2D eigenvalue weighted by Crippen LogP contribution is 2.26. The Morgan fingerprint density at radius 3 is 3.00 bits per heavy atom. The maximum Gasteiger partial charge on any atom is 0.0412 e. The number of hydrogen-bond acceptors (Lipinski definition) is 2. The molecule has 2 rings (SSSR count). The van der Waals surface area contributed by atoms with Crippen molar-refractivity contribution < 1.29 is 0 Å². The van der Waals surface area contributed by atoms with Gasteiger partial charge in [0.15, 0.2) is 0 Å². The molecule has 0 saturated heterocycles. The van der Waals surface area contributed by atoms with Gasteiger partial charge in [-0.2, -0.15) is 0 Å². The van der Waals surface area contributed by atoms with Crippen LogP contribution in [0.1, 0.15) is 18.5 Å². The number of anilines is 1. The van der Waals surface area contributed by atoms with Crippen LogP contribution in [0.15, 0.2) is 24.3 Å². The van der Waals surface area contributed by atoms with E-state index in [4.69, 9.17) is 0 Å². The van der Waals surface area contributed by atoms with Crippen LogP contribution in [0.5, 0.6) is 0 Å². The number of rotatable bonds is 0. The quantitative estimate of drug-likeness (QED) is 0.648. The third-order valence-electron chi connectivity index (χ3n) is 2.71. The van der Waals surface area contributed by atoms with Gasteiger partial charge in [-0.25, -0.2) is 0 Å². The Morgan fingerprint density at radius 1 is 1.38 bits per heavy atom. The first-order chi connectivity index (χ1) is 6.29. The molecule has 1 aromatic rings.